The summed E-state index contributed by atoms with van der Waals surface area (Å²) in [5.41, 5.74) is 2.97. The molecular formula is C14H18N2O. The molecule has 0 radical (unpaired) electrons. The number of nitrogens with zero attached hydrogens (tertiary/aromatic N) is 1. The van der Waals surface area contributed by atoms with Gasteiger partial charge in [0.1, 0.15) is 18.2 Å². The summed E-state index contributed by atoms with van der Waals surface area (Å²) in [7, 11) is 0. The fourth-order valence-electron chi connectivity index (χ4n) is 2.49. The maximum absolute atomic E-state index is 5.76. The third kappa shape index (κ3) is 2.43. The van der Waals surface area contributed by atoms with Crippen LogP contribution in [0.4, 0.5) is 0 Å². The summed E-state index contributed by atoms with van der Waals surface area (Å²) in [5, 5.41) is 3.21. The summed E-state index contributed by atoms with van der Waals surface area (Å²) in [4.78, 5) is 4.32. The Labute approximate surface area is 102 Å². The molecule has 0 fully saturated rings. The average molecular weight is 230 g/mol. The Morgan fingerprint density at radius 3 is 2.88 bits per heavy atom. The summed E-state index contributed by atoms with van der Waals surface area (Å²) in [6, 6.07) is 6.50. The molecule has 0 unspecified atom stereocenters. The van der Waals surface area contributed by atoms with Gasteiger partial charge in [0.15, 0.2) is 0 Å². The van der Waals surface area contributed by atoms with Gasteiger partial charge < -0.3 is 10.1 Å². The summed E-state index contributed by atoms with van der Waals surface area (Å²) >= 11 is 0. The minimum Gasteiger partial charge on any atom is -0.486 e. The zero-order valence-electron chi connectivity index (χ0n) is 10.0. The number of nitrogens with one attached hydrogen (secondary N) is 1. The van der Waals surface area contributed by atoms with Gasteiger partial charge in [0.2, 0.25) is 0 Å². The van der Waals surface area contributed by atoms with Crippen LogP contribution in [0.3, 0.4) is 0 Å². The fourth-order valence-corrected chi connectivity index (χ4v) is 2.49. The Kier molecular flexibility index (Phi) is 2.99. The van der Waals surface area contributed by atoms with Crippen LogP contribution in [0.2, 0.25) is 0 Å². The maximum Gasteiger partial charge on any atom is 0.145 e. The van der Waals surface area contributed by atoms with E-state index in [1.165, 1.54) is 36.8 Å². The average Bonchev–Trinajstić information content (AvgIpc) is 2.89. The molecule has 90 valence electrons. The Bertz CT molecular complexity index is 440. The van der Waals surface area contributed by atoms with Crippen molar-refractivity contribution < 1.29 is 4.74 Å². The lowest BCUT2D eigenvalue weighted by Gasteiger charge is -2.16. The van der Waals surface area contributed by atoms with Crippen LogP contribution < -0.4 is 10.1 Å². The van der Waals surface area contributed by atoms with E-state index in [0.717, 1.165) is 24.7 Å². The molecule has 0 atom stereocenters. The number of ether oxygens (including phenoxy) is 1. The second-order valence-electron chi connectivity index (χ2n) is 4.68. The molecule has 0 bridgehead atoms. The molecule has 3 heteroatoms. The molecular weight excluding hydrogens is 212 g/mol. The highest BCUT2D eigenvalue weighted by Gasteiger charge is 2.10. The number of amidine groups is 1. The van der Waals surface area contributed by atoms with E-state index in [-0.39, 0.29) is 0 Å². The first-order valence-electron chi connectivity index (χ1n) is 6.43. The summed E-state index contributed by atoms with van der Waals surface area (Å²) in [6.07, 6.45) is 5.06. The van der Waals surface area contributed by atoms with Gasteiger partial charge in [0.25, 0.3) is 0 Å². The van der Waals surface area contributed by atoms with Gasteiger partial charge in [-0.3, -0.25) is 4.99 Å². The Hall–Kier alpha value is -1.51. The summed E-state index contributed by atoms with van der Waals surface area (Å²) < 4.78 is 5.76. The molecule has 0 aromatic heterocycles. The van der Waals surface area contributed by atoms with Crippen molar-refractivity contribution >= 4 is 5.84 Å². The summed E-state index contributed by atoms with van der Waals surface area (Å²) in [5.74, 6) is 1.95. The van der Waals surface area contributed by atoms with Gasteiger partial charge in [0, 0.05) is 6.54 Å². The molecule has 3 rings (SSSR count). The monoisotopic (exact) mass is 230 g/mol. The topological polar surface area (TPSA) is 33.6 Å². The number of fused-ring (bicyclic) bond motifs is 1. The van der Waals surface area contributed by atoms with Crippen LogP contribution >= 0.6 is 0 Å². The zero-order chi connectivity index (χ0) is 11.5. The highest BCUT2D eigenvalue weighted by Crippen LogP contribution is 2.25. The van der Waals surface area contributed by atoms with E-state index in [1.807, 2.05) is 0 Å². The molecule has 0 saturated carbocycles. The van der Waals surface area contributed by atoms with E-state index in [9.17, 15) is 0 Å². The van der Waals surface area contributed by atoms with Crippen LogP contribution in [0.5, 0.6) is 5.75 Å². The number of aryl methyl sites for hydroxylation is 2. The second-order valence-corrected chi connectivity index (χ2v) is 4.68. The lowest BCUT2D eigenvalue weighted by atomic mass is 9.92. The van der Waals surface area contributed by atoms with Crippen LogP contribution in [0.1, 0.15) is 24.0 Å². The van der Waals surface area contributed by atoms with Crippen molar-refractivity contribution in [3.8, 4) is 5.75 Å². The van der Waals surface area contributed by atoms with Crippen LogP contribution in [0, 0.1) is 0 Å². The Balaban J connectivity index is 1.66. The first kappa shape index (κ1) is 10.6. The van der Waals surface area contributed by atoms with Crippen molar-refractivity contribution in [2.45, 2.75) is 25.7 Å². The molecule has 1 aliphatic carbocycles. The number of hydrogen-bond donors (Lipinski definition) is 1. The second kappa shape index (κ2) is 4.78. The van der Waals surface area contributed by atoms with Crippen molar-refractivity contribution in [3.05, 3.63) is 29.3 Å². The standard InChI is InChI=1S/C14H18N2O/c1-2-4-12-9-13(6-5-11(12)3-1)17-10-14-15-7-8-16-14/h5-6,9H,1-4,7-8,10H2,(H,15,16). The van der Waals surface area contributed by atoms with Crippen molar-refractivity contribution in [1.82, 2.24) is 5.32 Å². The van der Waals surface area contributed by atoms with Gasteiger partial charge in [-0.2, -0.15) is 0 Å². The SMILES string of the molecule is c1cc2c(cc1OCC1=NCCN1)CCCC2. The van der Waals surface area contributed by atoms with E-state index in [1.54, 1.807) is 0 Å². The predicted molar refractivity (Wildman–Crippen MR) is 68.9 cm³/mol. The first-order valence-corrected chi connectivity index (χ1v) is 6.43. The first-order chi connectivity index (χ1) is 8.42. The van der Waals surface area contributed by atoms with E-state index in [0.29, 0.717) is 6.61 Å². The van der Waals surface area contributed by atoms with E-state index in [4.69, 9.17) is 4.74 Å². The van der Waals surface area contributed by atoms with Crippen molar-refractivity contribution in [2.24, 2.45) is 4.99 Å². The minimum atomic E-state index is 0.568. The van der Waals surface area contributed by atoms with Gasteiger partial charge in [-0.1, -0.05) is 6.07 Å². The fraction of sp³-hybridized carbons (Fsp3) is 0.500. The molecule has 0 spiro atoms. The molecule has 3 nitrogen and oxygen atoms in total. The van der Waals surface area contributed by atoms with E-state index in [2.05, 4.69) is 28.5 Å². The highest BCUT2D eigenvalue weighted by molar-refractivity contribution is 5.84. The van der Waals surface area contributed by atoms with Gasteiger partial charge >= 0.3 is 0 Å². The zero-order valence-corrected chi connectivity index (χ0v) is 10.0. The van der Waals surface area contributed by atoms with Gasteiger partial charge in [-0.15, -0.1) is 0 Å². The summed E-state index contributed by atoms with van der Waals surface area (Å²) in [6.45, 7) is 2.39. The van der Waals surface area contributed by atoms with Crippen molar-refractivity contribution in [2.75, 3.05) is 19.7 Å². The van der Waals surface area contributed by atoms with Crippen molar-refractivity contribution in [3.63, 3.8) is 0 Å². The van der Waals surface area contributed by atoms with Gasteiger partial charge in [-0.05, 0) is 48.9 Å². The molecule has 0 saturated heterocycles. The van der Waals surface area contributed by atoms with Crippen LogP contribution in [0.25, 0.3) is 0 Å². The number of hydrogen-bond acceptors (Lipinski definition) is 3. The molecule has 1 N–H and O–H groups in total. The largest absolute Gasteiger partial charge is 0.486 e. The maximum atomic E-state index is 5.76. The molecule has 17 heavy (non-hydrogen) atoms. The number of aliphatic imine (C=N–C) groups is 1. The predicted octanol–water partition coefficient (Wildman–Crippen LogP) is 1.95. The van der Waals surface area contributed by atoms with E-state index < -0.39 is 0 Å². The van der Waals surface area contributed by atoms with Crippen molar-refractivity contribution in [1.29, 1.82) is 0 Å². The van der Waals surface area contributed by atoms with E-state index >= 15 is 0 Å². The Morgan fingerprint density at radius 1 is 1.18 bits per heavy atom. The number of benzene rings is 1. The van der Waals surface area contributed by atoms with Crippen LogP contribution in [-0.2, 0) is 12.8 Å². The molecule has 2 aliphatic rings. The molecule has 1 heterocycles. The molecule has 1 aromatic carbocycles. The smallest absolute Gasteiger partial charge is 0.145 e. The number of rotatable bonds is 3. The molecule has 1 aliphatic heterocycles. The minimum absolute atomic E-state index is 0.568. The normalized spacial score (nSPS) is 18.2. The van der Waals surface area contributed by atoms with Crippen LogP contribution in [0.15, 0.2) is 23.2 Å². The molecule has 0 amide bonds. The highest BCUT2D eigenvalue weighted by atomic mass is 16.5. The third-order valence-electron chi connectivity index (χ3n) is 3.44. The van der Waals surface area contributed by atoms with Crippen LogP contribution in [-0.4, -0.2) is 25.5 Å². The van der Waals surface area contributed by atoms with Gasteiger partial charge in [-0.25, -0.2) is 0 Å². The third-order valence-corrected chi connectivity index (χ3v) is 3.44. The quantitative estimate of drug-likeness (QED) is 0.861. The lowest BCUT2D eigenvalue weighted by Crippen LogP contribution is -2.24. The molecule has 1 aromatic rings. The Morgan fingerprint density at radius 2 is 2.06 bits per heavy atom. The van der Waals surface area contributed by atoms with Gasteiger partial charge in [0.05, 0.1) is 6.54 Å². The lowest BCUT2D eigenvalue weighted by molar-refractivity contribution is 0.372.